The number of carbonyl (C=O) groups excluding carboxylic acids is 2. The molecule has 1 rings (SSSR count). The minimum Gasteiger partial charge on any atom is -0.465 e. The normalized spacial score (nSPS) is 10.1. The topological polar surface area (TPSA) is 43.4 Å². The summed E-state index contributed by atoms with van der Waals surface area (Å²) < 4.78 is 17.4. The van der Waals surface area contributed by atoms with Crippen LogP contribution in [0, 0.1) is 5.82 Å². The fraction of sp³-hybridized carbons (Fsp3) is 0.385. The van der Waals surface area contributed by atoms with Crippen LogP contribution in [-0.2, 0) is 9.53 Å². The first-order chi connectivity index (χ1) is 8.63. The van der Waals surface area contributed by atoms with Crippen molar-refractivity contribution in [1.82, 2.24) is 0 Å². The van der Waals surface area contributed by atoms with E-state index in [0.717, 1.165) is 0 Å². The molecule has 0 atom stereocenters. The van der Waals surface area contributed by atoms with Gasteiger partial charge in [0.2, 0.25) is 0 Å². The molecule has 1 aromatic rings. The van der Waals surface area contributed by atoms with E-state index in [1.807, 2.05) is 0 Å². The van der Waals surface area contributed by atoms with E-state index in [2.05, 4.69) is 0 Å². The SMILES string of the molecule is CCOC(=O)CSCCC(=O)c1ccc(F)cc1. The van der Waals surface area contributed by atoms with Crippen molar-refractivity contribution in [2.45, 2.75) is 13.3 Å². The Labute approximate surface area is 110 Å². The van der Waals surface area contributed by atoms with Crippen LogP contribution in [0.5, 0.6) is 0 Å². The summed E-state index contributed by atoms with van der Waals surface area (Å²) in [7, 11) is 0. The Morgan fingerprint density at radius 2 is 1.94 bits per heavy atom. The van der Waals surface area contributed by atoms with Gasteiger partial charge in [0.15, 0.2) is 5.78 Å². The summed E-state index contributed by atoms with van der Waals surface area (Å²) in [4.78, 5) is 22.7. The van der Waals surface area contributed by atoms with Crippen molar-refractivity contribution < 1.29 is 18.7 Å². The van der Waals surface area contributed by atoms with Crippen molar-refractivity contribution in [3.05, 3.63) is 35.6 Å². The molecule has 0 fully saturated rings. The third-order valence-corrected chi connectivity index (χ3v) is 3.10. The summed E-state index contributed by atoms with van der Waals surface area (Å²) in [6.45, 7) is 2.12. The van der Waals surface area contributed by atoms with E-state index in [0.29, 0.717) is 24.3 Å². The van der Waals surface area contributed by atoms with Crippen LogP contribution in [0.25, 0.3) is 0 Å². The Morgan fingerprint density at radius 1 is 1.28 bits per heavy atom. The minimum atomic E-state index is -0.358. The highest BCUT2D eigenvalue weighted by atomic mass is 32.2. The predicted molar refractivity (Wildman–Crippen MR) is 69.3 cm³/mol. The number of benzene rings is 1. The first-order valence-electron chi connectivity index (χ1n) is 5.65. The molecular formula is C13H15FO3S. The van der Waals surface area contributed by atoms with Crippen molar-refractivity contribution in [3.63, 3.8) is 0 Å². The lowest BCUT2D eigenvalue weighted by atomic mass is 10.1. The van der Waals surface area contributed by atoms with Gasteiger partial charge in [0.25, 0.3) is 0 Å². The molecule has 0 radical (unpaired) electrons. The molecular weight excluding hydrogens is 255 g/mol. The predicted octanol–water partition coefficient (Wildman–Crippen LogP) is 2.69. The van der Waals surface area contributed by atoms with E-state index in [1.54, 1.807) is 6.92 Å². The van der Waals surface area contributed by atoms with Gasteiger partial charge in [0, 0.05) is 17.7 Å². The van der Waals surface area contributed by atoms with Crippen LogP contribution in [0.3, 0.4) is 0 Å². The van der Waals surface area contributed by atoms with Gasteiger partial charge in [-0.3, -0.25) is 9.59 Å². The van der Waals surface area contributed by atoms with E-state index >= 15 is 0 Å². The van der Waals surface area contributed by atoms with Gasteiger partial charge in [-0.25, -0.2) is 4.39 Å². The Bertz CT molecular complexity index is 403. The lowest BCUT2D eigenvalue weighted by Gasteiger charge is -2.02. The number of hydrogen-bond acceptors (Lipinski definition) is 4. The summed E-state index contributed by atoms with van der Waals surface area (Å²) in [6, 6.07) is 5.46. The second-order valence-electron chi connectivity index (χ2n) is 3.54. The van der Waals surface area contributed by atoms with E-state index in [1.165, 1.54) is 36.0 Å². The molecule has 0 heterocycles. The van der Waals surface area contributed by atoms with E-state index in [4.69, 9.17) is 4.74 Å². The van der Waals surface area contributed by atoms with Crippen LogP contribution in [0.2, 0.25) is 0 Å². The van der Waals surface area contributed by atoms with Crippen molar-refractivity contribution in [1.29, 1.82) is 0 Å². The second-order valence-corrected chi connectivity index (χ2v) is 4.64. The molecule has 0 spiro atoms. The van der Waals surface area contributed by atoms with Crippen LogP contribution >= 0.6 is 11.8 Å². The van der Waals surface area contributed by atoms with E-state index in [-0.39, 0.29) is 23.3 Å². The molecule has 0 aliphatic heterocycles. The molecule has 0 unspecified atom stereocenters. The fourth-order valence-electron chi connectivity index (χ4n) is 1.30. The van der Waals surface area contributed by atoms with Gasteiger partial charge in [0.05, 0.1) is 12.4 Å². The van der Waals surface area contributed by atoms with Crippen molar-refractivity contribution >= 4 is 23.5 Å². The van der Waals surface area contributed by atoms with Crippen LogP contribution in [0.4, 0.5) is 4.39 Å². The van der Waals surface area contributed by atoms with Gasteiger partial charge in [-0.15, -0.1) is 11.8 Å². The Kier molecular flexibility index (Phi) is 6.43. The van der Waals surface area contributed by atoms with E-state index in [9.17, 15) is 14.0 Å². The first kappa shape index (κ1) is 14.7. The number of ketones is 1. The molecule has 18 heavy (non-hydrogen) atoms. The number of esters is 1. The Hall–Kier alpha value is -1.36. The second kappa shape index (κ2) is 7.87. The highest BCUT2D eigenvalue weighted by Crippen LogP contribution is 2.09. The third kappa shape index (κ3) is 5.31. The highest BCUT2D eigenvalue weighted by molar-refractivity contribution is 7.99. The molecule has 0 saturated carbocycles. The quantitative estimate of drug-likeness (QED) is 0.434. The Balaban J connectivity index is 2.25. The largest absolute Gasteiger partial charge is 0.465 e. The smallest absolute Gasteiger partial charge is 0.315 e. The monoisotopic (exact) mass is 270 g/mol. The van der Waals surface area contributed by atoms with Gasteiger partial charge in [-0.2, -0.15) is 0 Å². The fourth-order valence-corrected chi connectivity index (χ4v) is 2.03. The maximum atomic E-state index is 12.7. The summed E-state index contributed by atoms with van der Waals surface area (Å²) in [5.41, 5.74) is 0.494. The maximum Gasteiger partial charge on any atom is 0.315 e. The number of Topliss-reactive ketones (excluding diaryl/α,β-unsaturated/α-hetero) is 1. The number of rotatable bonds is 7. The minimum absolute atomic E-state index is 0.0497. The van der Waals surface area contributed by atoms with Gasteiger partial charge in [0.1, 0.15) is 5.82 Å². The molecule has 0 bridgehead atoms. The average Bonchev–Trinajstić information content (AvgIpc) is 2.35. The first-order valence-corrected chi connectivity index (χ1v) is 6.81. The third-order valence-electron chi connectivity index (χ3n) is 2.16. The molecule has 1 aromatic carbocycles. The number of carbonyl (C=O) groups is 2. The molecule has 0 aromatic heterocycles. The van der Waals surface area contributed by atoms with E-state index < -0.39 is 0 Å². The molecule has 0 aliphatic rings. The maximum absolute atomic E-state index is 12.7. The van der Waals surface area contributed by atoms with Gasteiger partial charge in [-0.05, 0) is 31.2 Å². The zero-order valence-electron chi connectivity index (χ0n) is 10.1. The number of halogens is 1. The zero-order chi connectivity index (χ0) is 13.4. The molecule has 5 heteroatoms. The number of hydrogen-bond donors (Lipinski definition) is 0. The average molecular weight is 270 g/mol. The molecule has 3 nitrogen and oxygen atoms in total. The van der Waals surface area contributed by atoms with Crippen molar-refractivity contribution in [2.24, 2.45) is 0 Å². The van der Waals surface area contributed by atoms with Gasteiger partial charge >= 0.3 is 5.97 Å². The lowest BCUT2D eigenvalue weighted by Crippen LogP contribution is -2.08. The van der Waals surface area contributed by atoms with Gasteiger partial charge in [-0.1, -0.05) is 0 Å². The Morgan fingerprint density at radius 3 is 2.56 bits per heavy atom. The van der Waals surface area contributed by atoms with Gasteiger partial charge < -0.3 is 4.74 Å². The van der Waals surface area contributed by atoms with Crippen LogP contribution in [0.15, 0.2) is 24.3 Å². The van der Waals surface area contributed by atoms with Crippen LogP contribution in [0.1, 0.15) is 23.7 Å². The van der Waals surface area contributed by atoms with Crippen molar-refractivity contribution in [3.8, 4) is 0 Å². The molecule has 98 valence electrons. The van der Waals surface area contributed by atoms with Crippen LogP contribution < -0.4 is 0 Å². The molecule has 0 saturated heterocycles. The zero-order valence-corrected chi connectivity index (χ0v) is 11.0. The summed E-state index contributed by atoms with van der Waals surface area (Å²) in [5.74, 6) is 0.130. The molecule has 0 amide bonds. The number of thioether (sulfide) groups is 1. The molecule has 0 aliphatic carbocycles. The summed E-state index contributed by atoms with van der Waals surface area (Å²) >= 11 is 1.36. The standard InChI is InChI=1S/C13H15FO3S/c1-2-17-13(16)9-18-8-7-12(15)10-3-5-11(14)6-4-10/h3-6H,2,7-9H2,1H3. The summed E-state index contributed by atoms with van der Waals surface area (Å²) in [5, 5.41) is 0. The highest BCUT2D eigenvalue weighted by Gasteiger charge is 2.07. The number of ether oxygens (including phenoxy) is 1. The summed E-state index contributed by atoms with van der Waals surface area (Å²) in [6.07, 6.45) is 0.329. The molecule has 0 N–H and O–H groups in total. The lowest BCUT2D eigenvalue weighted by molar-refractivity contribution is -0.139. The van der Waals surface area contributed by atoms with Crippen molar-refractivity contribution in [2.75, 3.05) is 18.1 Å². The van der Waals surface area contributed by atoms with Crippen LogP contribution in [-0.4, -0.2) is 29.9 Å².